The summed E-state index contributed by atoms with van der Waals surface area (Å²) in [4.78, 5) is 12.4. The molecule has 1 aromatic heterocycles. The molecule has 0 fully saturated rings. The summed E-state index contributed by atoms with van der Waals surface area (Å²) in [5.74, 6) is -0.408. The highest BCUT2D eigenvalue weighted by atomic mass is 19.1. The molecular weight excluding hydrogens is 325 g/mol. The first-order valence-electron chi connectivity index (χ1n) is 7.52. The molecule has 0 atom stereocenters. The lowest BCUT2D eigenvalue weighted by Gasteiger charge is -2.10. The Morgan fingerprint density at radius 3 is 2.84 bits per heavy atom. The molecule has 128 valence electrons. The van der Waals surface area contributed by atoms with Crippen molar-refractivity contribution in [3.8, 4) is 5.69 Å². The van der Waals surface area contributed by atoms with E-state index in [1.165, 1.54) is 22.9 Å². The van der Waals surface area contributed by atoms with E-state index in [0.717, 1.165) is 5.56 Å². The molecule has 1 heterocycles. The summed E-state index contributed by atoms with van der Waals surface area (Å²) in [6.07, 6.45) is 0. The molecule has 1 N–H and O–H groups in total. The molecule has 7 nitrogen and oxygen atoms in total. The van der Waals surface area contributed by atoms with Crippen LogP contribution in [0.4, 0.5) is 10.1 Å². The maximum absolute atomic E-state index is 14.1. The molecule has 0 bridgehead atoms. The first-order valence-corrected chi connectivity index (χ1v) is 7.52. The van der Waals surface area contributed by atoms with Crippen LogP contribution in [0, 0.1) is 12.7 Å². The van der Waals surface area contributed by atoms with E-state index in [4.69, 9.17) is 4.74 Å². The maximum atomic E-state index is 14.1. The topological polar surface area (TPSA) is 81.9 Å². The monoisotopic (exact) mass is 341 g/mol. The van der Waals surface area contributed by atoms with Crippen LogP contribution in [-0.4, -0.2) is 33.2 Å². The van der Waals surface area contributed by atoms with Crippen molar-refractivity contribution in [3.63, 3.8) is 0 Å². The van der Waals surface area contributed by atoms with E-state index in [1.807, 2.05) is 6.07 Å². The second-order valence-corrected chi connectivity index (χ2v) is 5.39. The van der Waals surface area contributed by atoms with Gasteiger partial charge in [0.05, 0.1) is 18.0 Å². The number of amides is 1. The number of benzene rings is 2. The molecular formula is C17H16FN5O2. The molecule has 8 heteroatoms. The Balaban J connectivity index is 1.86. The van der Waals surface area contributed by atoms with Gasteiger partial charge in [0.1, 0.15) is 5.82 Å². The van der Waals surface area contributed by atoms with Crippen molar-refractivity contribution < 1.29 is 13.9 Å². The van der Waals surface area contributed by atoms with E-state index < -0.39 is 11.7 Å². The molecule has 2 aromatic carbocycles. The van der Waals surface area contributed by atoms with Crippen LogP contribution in [0.3, 0.4) is 0 Å². The van der Waals surface area contributed by atoms with Gasteiger partial charge in [-0.15, -0.1) is 5.10 Å². The van der Waals surface area contributed by atoms with E-state index in [1.54, 1.807) is 32.2 Å². The van der Waals surface area contributed by atoms with Crippen LogP contribution in [0.1, 0.15) is 21.7 Å². The van der Waals surface area contributed by atoms with Gasteiger partial charge >= 0.3 is 0 Å². The number of ether oxygens (including phenoxy) is 1. The smallest absolute Gasteiger partial charge is 0.255 e. The average Bonchev–Trinajstić information content (AvgIpc) is 3.03. The van der Waals surface area contributed by atoms with Gasteiger partial charge in [0, 0.05) is 12.7 Å². The van der Waals surface area contributed by atoms with Crippen molar-refractivity contribution in [2.45, 2.75) is 13.5 Å². The first-order chi connectivity index (χ1) is 12.1. The fourth-order valence-corrected chi connectivity index (χ4v) is 2.37. The fraction of sp³-hybridized carbons (Fsp3) is 0.176. The highest BCUT2D eigenvalue weighted by molar-refractivity contribution is 6.04. The maximum Gasteiger partial charge on any atom is 0.255 e. The third-order valence-corrected chi connectivity index (χ3v) is 3.57. The summed E-state index contributed by atoms with van der Waals surface area (Å²) in [6, 6.07) is 11.2. The summed E-state index contributed by atoms with van der Waals surface area (Å²) < 4.78 is 20.6. The first kappa shape index (κ1) is 16.7. The lowest BCUT2D eigenvalue weighted by molar-refractivity contribution is 0.102. The number of halogens is 1. The molecule has 25 heavy (non-hydrogen) atoms. The van der Waals surface area contributed by atoms with Gasteiger partial charge in [-0.2, -0.15) is 4.68 Å². The lowest BCUT2D eigenvalue weighted by atomic mass is 10.1. The molecule has 0 aliphatic heterocycles. The normalized spacial score (nSPS) is 10.7. The number of aromatic nitrogens is 4. The highest BCUT2D eigenvalue weighted by Gasteiger charge is 2.12. The number of tetrazole rings is 1. The predicted molar refractivity (Wildman–Crippen MR) is 89.0 cm³/mol. The Morgan fingerprint density at radius 2 is 2.12 bits per heavy atom. The fourth-order valence-electron chi connectivity index (χ4n) is 2.37. The van der Waals surface area contributed by atoms with E-state index in [-0.39, 0.29) is 5.69 Å². The number of aryl methyl sites for hydroxylation is 1. The number of hydrogen-bond acceptors (Lipinski definition) is 5. The molecule has 0 saturated heterocycles. The van der Waals surface area contributed by atoms with Crippen LogP contribution < -0.4 is 5.32 Å². The Morgan fingerprint density at radius 1 is 1.28 bits per heavy atom. The largest absolute Gasteiger partial charge is 0.380 e. The molecule has 0 unspecified atom stereocenters. The van der Waals surface area contributed by atoms with E-state index >= 15 is 0 Å². The Kier molecular flexibility index (Phi) is 4.80. The second kappa shape index (κ2) is 7.18. The number of hydrogen-bond donors (Lipinski definition) is 1. The number of anilines is 1. The number of carbonyl (C=O) groups is 1. The van der Waals surface area contributed by atoms with Gasteiger partial charge in [-0.05, 0) is 53.2 Å². The van der Waals surface area contributed by atoms with Gasteiger partial charge in [-0.3, -0.25) is 4.79 Å². The zero-order valence-electron chi connectivity index (χ0n) is 13.7. The molecule has 0 aliphatic rings. The molecule has 3 rings (SSSR count). The van der Waals surface area contributed by atoms with E-state index in [2.05, 4.69) is 20.8 Å². The van der Waals surface area contributed by atoms with Crippen LogP contribution in [-0.2, 0) is 11.3 Å². The Hall–Kier alpha value is -3.13. The zero-order valence-corrected chi connectivity index (χ0v) is 13.7. The number of rotatable bonds is 5. The third kappa shape index (κ3) is 3.69. The highest BCUT2D eigenvalue weighted by Crippen LogP contribution is 2.20. The zero-order chi connectivity index (χ0) is 17.8. The van der Waals surface area contributed by atoms with Crippen LogP contribution in [0.5, 0.6) is 0 Å². The summed E-state index contributed by atoms with van der Waals surface area (Å²) >= 11 is 0. The van der Waals surface area contributed by atoms with Crippen LogP contribution >= 0.6 is 0 Å². The predicted octanol–water partition coefficient (Wildman–Crippen LogP) is 2.51. The van der Waals surface area contributed by atoms with Gasteiger partial charge in [0.2, 0.25) is 0 Å². The molecule has 3 aromatic rings. The van der Waals surface area contributed by atoms with Crippen molar-refractivity contribution in [3.05, 3.63) is 65.2 Å². The van der Waals surface area contributed by atoms with Crippen LogP contribution in [0.25, 0.3) is 5.69 Å². The van der Waals surface area contributed by atoms with Crippen LogP contribution in [0.15, 0.2) is 42.5 Å². The minimum atomic E-state index is -0.545. The van der Waals surface area contributed by atoms with Crippen molar-refractivity contribution in [2.75, 3.05) is 12.4 Å². The Bertz CT molecular complexity index is 910. The SMILES string of the molecule is COCc1cccc(C(=O)Nc2cc(-n3nnnc3C)ccc2F)c1. The third-order valence-electron chi connectivity index (χ3n) is 3.57. The van der Waals surface area contributed by atoms with Crippen LogP contribution in [0.2, 0.25) is 0 Å². The van der Waals surface area contributed by atoms with Gasteiger partial charge < -0.3 is 10.1 Å². The molecule has 0 aliphatic carbocycles. The molecule has 0 spiro atoms. The summed E-state index contributed by atoms with van der Waals surface area (Å²) in [6.45, 7) is 2.12. The molecule has 0 radical (unpaired) electrons. The van der Waals surface area contributed by atoms with E-state index in [0.29, 0.717) is 23.7 Å². The Labute approximate surface area is 143 Å². The lowest BCUT2D eigenvalue weighted by Crippen LogP contribution is -2.14. The van der Waals surface area contributed by atoms with Crippen molar-refractivity contribution >= 4 is 11.6 Å². The van der Waals surface area contributed by atoms with Crippen molar-refractivity contribution in [1.82, 2.24) is 20.2 Å². The van der Waals surface area contributed by atoms with Crippen molar-refractivity contribution in [1.29, 1.82) is 0 Å². The van der Waals surface area contributed by atoms with Gasteiger partial charge in [-0.25, -0.2) is 4.39 Å². The average molecular weight is 341 g/mol. The van der Waals surface area contributed by atoms with Gasteiger partial charge in [0.25, 0.3) is 5.91 Å². The minimum Gasteiger partial charge on any atom is -0.380 e. The van der Waals surface area contributed by atoms with E-state index in [9.17, 15) is 9.18 Å². The number of nitrogens with one attached hydrogen (secondary N) is 1. The van der Waals surface area contributed by atoms with Gasteiger partial charge in [0.15, 0.2) is 5.82 Å². The minimum absolute atomic E-state index is 0.0505. The summed E-state index contributed by atoms with van der Waals surface area (Å²) in [7, 11) is 1.58. The van der Waals surface area contributed by atoms with Crippen molar-refractivity contribution in [2.24, 2.45) is 0 Å². The number of carbonyl (C=O) groups excluding carboxylic acids is 1. The number of methoxy groups -OCH3 is 1. The standard InChI is InChI=1S/C17H16FN5O2/c1-11-20-21-22-23(11)14-6-7-15(18)16(9-14)19-17(24)13-5-3-4-12(8-13)10-25-2/h3-9H,10H2,1-2H3,(H,19,24). The van der Waals surface area contributed by atoms with Gasteiger partial charge in [-0.1, -0.05) is 12.1 Å². The molecule has 0 saturated carbocycles. The number of nitrogens with zero attached hydrogens (tertiary/aromatic N) is 4. The summed E-state index contributed by atoms with van der Waals surface area (Å²) in [5, 5.41) is 13.8. The quantitative estimate of drug-likeness (QED) is 0.771. The second-order valence-electron chi connectivity index (χ2n) is 5.39. The molecule has 1 amide bonds. The summed E-state index contributed by atoms with van der Waals surface area (Å²) in [5.41, 5.74) is 1.87.